The minimum absolute atomic E-state index is 0.0773. The highest BCUT2D eigenvalue weighted by Crippen LogP contribution is 2.36. The Kier molecular flexibility index (Phi) is 3.38. The molecule has 0 atom stereocenters. The summed E-state index contributed by atoms with van der Waals surface area (Å²) in [5.74, 6) is 0.362. The van der Waals surface area contributed by atoms with Crippen LogP contribution in [0.3, 0.4) is 0 Å². The summed E-state index contributed by atoms with van der Waals surface area (Å²) in [4.78, 5) is 17.8. The molecule has 1 aliphatic rings. The van der Waals surface area contributed by atoms with E-state index in [0.717, 1.165) is 40.0 Å². The number of amides is 1. The van der Waals surface area contributed by atoms with Crippen LogP contribution in [-0.4, -0.2) is 21.1 Å². The highest BCUT2D eigenvalue weighted by atomic mass is 32.1. The standard InChI is InChI=1S/C16H16N4OS/c21-16(15-14(17-9-22-15)10-4-1-2-5-10)19-12-7-3-6-11-8-18-20-13(11)12/h3,6-10H,1-2,4-5H2,(H,18,20)(H,19,21). The second-order valence-electron chi connectivity index (χ2n) is 5.64. The van der Waals surface area contributed by atoms with E-state index in [2.05, 4.69) is 20.5 Å². The first kappa shape index (κ1) is 13.5. The van der Waals surface area contributed by atoms with Crippen molar-refractivity contribution < 1.29 is 4.79 Å². The Labute approximate surface area is 131 Å². The van der Waals surface area contributed by atoms with Crippen LogP contribution in [-0.2, 0) is 0 Å². The molecular weight excluding hydrogens is 296 g/mol. The van der Waals surface area contributed by atoms with Gasteiger partial charge in [0.2, 0.25) is 0 Å². The molecule has 2 aromatic heterocycles. The lowest BCUT2D eigenvalue weighted by Crippen LogP contribution is -2.14. The summed E-state index contributed by atoms with van der Waals surface area (Å²) >= 11 is 1.42. The molecule has 2 N–H and O–H groups in total. The van der Waals surface area contributed by atoms with Crippen LogP contribution in [0.15, 0.2) is 29.9 Å². The summed E-state index contributed by atoms with van der Waals surface area (Å²) in [6, 6.07) is 5.76. The maximum atomic E-state index is 12.6. The van der Waals surface area contributed by atoms with Crippen molar-refractivity contribution in [3.05, 3.63) is 40.5 Å². The lowest BCUT2D eigenvalue weighted by Gasteiger charge is -2.10. The molecule has 1 aromatic carbocycles. The average Bonchev–Trinajstić information content (AvgIpc) is 3.27. The summed E-state index contributed by atoms with van der Waals surface area (Å²) in [6.07, 6.45) is 6.50. The topological polar surface area (TPSA) is 70.7 Å². The van der Waals surface area contributed by atoms with Crippen LogP contribution in [0.2, 0.25) is 0 Å². The Morgan fingerprint density at radius 3 is 3.05 bits per heavy atom. The maximum absolute atomic E-state index is 12.6. The van der Waals surface area contributed by atoms with E-state index in [1.54, 1.807) is 11.7 Å². The average molecular weight is 312 g/mol. The highest BCUT2D eigenvalue weighted by molar-refractivity contribution is 7.12. The van der Waals surface area contributed by atoms with Crippen LogP contribution in [0.1, 0.15) is 47.0 Å². The summed E-state index contributed by atoms with van der Waals surface area (Å²) in [6.45, 7) is 0. The summed E-state index contributed by atoms with van der Waals surface area (Å²) in [5.41, 5.74) is 4.35. The van der Waals surface area contributed by atoms with Gasteiger partial charge in [0.15, 0.2) is 0 Å². The van der Waals surface area contributed by atoms with E-state index in [1.165, 1.54) is 24.2 Å². The molecule has 22 heavy (non-hydrogen) atoms. The Morgan fingerprint density at radius 1 is 1.32 bits per heavy atom. The summed E-state index contributed by atoms with van der Waals surface area (Å²) < 4.78 is 0. The Morgan fingerprint density at radius 2 is 2.18 bits per heavy atom. The van der Waals surface area contributed by atoms with E-state index < -0.39 is 0 Å². The van der Waals surface area contributed by atoms with Gasteiger partial charge in [-0.2, -0.15) is 5.10 Å². The highest BCUT2D eigenvalue weighted by Gasteiger charge is 2.25. The first-order chi connectivity index (χ1) is 10.8. The number of hydrogen-bond donors (Lipinski definition) is 2. The van der Waals surface area contributed by atoms with Crippen LogP contribution < -0.4 is 5.32 Å². The fourth-order valence-electron chi connectivity index (χ4n) is 3.17. The second-order valence-corrected chi connectivity index (χ2v) is 6.50. The molecule has 4 rings (SSSR count). The van der Waals surface area contributed by atoms with Gasteiger partial charge in [-0.25, -0.2) is 4.98 Å². The van der Waals surface area contributed by atoms with Gasteiger partial charge in [0, 0.05) is 11.3 Å². The van der Waals surface area contributed by atoms with Gasteiger partial charge >= 0.3 is 0 Å². The molecule has 5 nitrogen and oxygen atoms in total. The van der Waals surface area contributed by atoms with Crippen molar-refractivity contribution in [2.24, 2.45) is 0 Å². The minimum atomic E-state index is -0.0773. The number of rotatable bonds is 3. The SMILES string of the molecule is O=C(Nc1cccc2cn[nH]c12)c1scnc1C1CCCC1. The van der Waals surface area contributed by atoms with Crippen molar-refractivity contribution in [3.63, 3.8) is 0 Å². The van der Waals surface area contributed by atoms with Crippen molar-refractivity contribution in [2.75, 3.05) is 5.32 Å². The quantitative estimate of drug-likeness (QED) is 0.770. The van der Waals surface area contributed by atoms with Gasteiger partial charge in [0.25, 0.3) is 5.91 Å². The molecule has 0 radical (unpaired) electrons. The van der Waals surface area contributed by atoms with Gasteiger partial charge < -0.3 is 5.32 Å². The Balaban J connectivity index is 1.63. The molecule has 0 spiro atoms. The predicted molar refractivity (Wildman–Crippen MR) is 87.4 cm³/mol. The van der Waals surface area contributed by atoms with Crippen LogP contribution in [0.5, 0.6) is 0 Å². The molecular formula is C16H16N4OS. The Hall–Kier alpha value is -2.21. The number of H-pyrrole nitrogens is 1. The van der Waals surface area contributed by atoms with Gasteiger partial charge in [-0.05, 0) is 18.9 Å². The normalized spacial score (nSPS) is 15.5. The number of hydrogen-bond acceptors (Lipinski definition) is 4. The van der Waals surface area contributed by atoms with Gasteiger partial charge in [0.05, 0.1) is 28.6 Å². The number of nitrogens with zero attached hydrogens (tertiary/aromatic N) is 2. The molecule has 6 heteroatoms. The first-order valence-corrected chi connectivity index (χ1v) is 8.38. The third-order valence-electron chi connectivity index (χ3n) is 4.27. The third kappa shape index (κ3) is 2.29. The van der Waals surface area contributed by atoms with E-state index in [0.29, 0.717) is 5.92 Å². The molecule has 0 aliphatic heterocycles. The number of benzene rings is 1. The zero-order chi connectivity index (χ0) is 14.9. The minimum Gasteiger partial charge on any atom is -0.319 e. The van der Waals surface area contributed by atoms with Gasteiger partial charge in [0.1, 0.15) is 4.88 Å². The number of aromatic amines is 1. The number of aromatic nitrogens is 3. The number of thiazole rings is 1. The van der Waals surface area contributed by atoms with Crippen LogP contribution in [0.4, 0.5) is 5.69 Å². The first-order valence-electron chi connectivity index (χ1n) is 7.50. The molecule has 1 amide bonds. The van der Waals surface area contributed by atoms with Crippen molar-refractivity contribution in [1.82, 2.24) is 15.2 Å². The Bertz CT molecular complexity index is 816. The fourth-order valence-corrected chi connectivity index (χ4v) is 3.94. The molecule has 0 saturated heterocycles. The molecule has 0 bridgehead atoms. The van der Waals surface area contributed by atoms with Crippen LogP contribution >= 0.6 is 11.3 Å². The van der Waals surface area contributed by atoms with Crippen molar-refractivity contribution in [3.8, 4) is 0 Å². The van der Waals surface area contributed by atoms with E-state index >= 15 is 0 Å². The van der Waals surface area contributed by atoms with Crippen molar-refractivity contribution in [2.45, 2.75) is 31.6 Å². The molecule has 112 valence electrons. The van der Waals surface area contributed by atoms with E-state index in [4.69, 9.17) is 0 Å². The van der Waals surface area contributed by atoms with Crippen molar-refractivity contribution in [1.29, 1.82) is 0 Å². The number of carbonyl (C=O) groups is 1. The van der Waals surface area contributed by atoms with E-state index in [9.17, 15) is 4.79 Å². The van der Waals surface area contributed by atoms with Gasteiger partial charge in [-0.3, -0.25) is 9.89 Å². The van der Waals surface area contributed by atoms with Gasteiger partial charge in [-0.15, -0.1) is 11.3 Å². The largest absolute Gasteiger partial charge is 0.319 e. The zero-order valence-electron chi connectivity index (χ0n) is 12.0. The molecule has 1 saturated carbocycles. The lowest BCUT2D eigenvalue weighted by molar-refractivity contribution is 0.102. The lowest BCUT2D eigenvalue weighted by atomic mass is 10.0. The molecule has 3 aromatic rings. The number of fused-ring (bicyclic) bond motifs is 1. The predicted octanol–water partition coefficient (Wildman–Crippen LogP) is 3.93. The fraction of sp³-hybridized carbons (Fsp3) is 0.312. The maximum Gasteiger partial charge on any atom is 0.267 e. The van der Waals surface area contributed by atoms with Crippen molar-refractivity contribution >= 4 is 33.8 Å². The molecule has 2 heterocycles. The van der Waals surface area contributed by atoms with Crippen LogP contribution in [0, 0.1) is 0 Å². The van der Waals surface area contributed by atoms with Crippen LogP contribution in [0.25, 0.3) is 10.9 Å². The number of carbonyl (C=O) groups excluding carboxylic acids is 1. The smallest absolute Gasteiger partial charge is 0.267 e. The monoisotopic (exact) mass is 312 g/mol. The number of anilines is 1. The van der Waals surface area contributed by atoms with E-state index in [-0.39, 0.29) is 5.91 Å². The second kappa shape index (κ2) is 5.53. The molecule has 1 aliphatic carbocycles. The van der Waals surface area contributed by atoms with Gasteiger partial charge in [-0.1, -0.05) is 25.0 Å². The molecule has 0 unspecified atom stereocenters. The number of nitrogens with one attached hydrogen (secondary N) is 2. The summed E-state index contributed by atoms with van der Waals surface area (Å²) in [5, 5.41) is 10.9. The zero-order valence-corrected chi connectivity index (χ0v) is 12.8. The molecule has 1 fully saturated rings. The van der Waals surface area contributed by atoms with E-state index in [1.807, 2.05) is 18.2 Å². The number of para-hydroxylation sites is 1. The third-order valence-corrected chi connectivity index (χ3v) is 5.11. The summed E-state index contributed by atoms with van der Waals surface area (Å²) in [7, 11) is 0.